The zero-order chi connectivity index (χ0) is 9.02. The maximum absolute atomic E-state index is 7.43. The normalized spacial score (nSPS) is 12.9. The van der Waals surface area contributed by atoms with Crippen LogP contribution in [0.1, 0.15) is 27.7 Å². The molecule has 0 saturated carbocycles. The third-order valence-electron chi connectivity index (χ3n) is 1.65. The standard InChI is InChI=1S/C8H15IN2/c1-5(2)8(11-9)6(3)7(4)10/h5,10-11H,1-4H3/b8-6-,10-7?. The summed E-state index contributed by atoms with van der Waals surface area (Å²) in [7, 11) is 0. The van der Waals surface area contributed by atoms with Crippen molar-refractivity contribution >= 4 is 28.6 Å². The van der Waals surface area contributed by atoms with Crippen LogP contribution in [0.3, 0.4) is 0 Å². The molecule has 0 aromatic rings. The first-order chi connectivity index (χ1) is 5.00. The van der Waals surface area contributed by atoms with Gasteiger partial charge in [0.1, 0.15) is 0 Å². The number of rotatable bonds is 3. The van der Waals surface area contributed by atoms with E-state index in [4.69, 9.17) is 5.41 Å². The quantitative estimate of drug-likeness (QED) is 0.460. The Kier molecular flexibility index (Phi) is 4.72. The molecule has 0 fully saturated rings. The minimum Gasteiger partial charge on any atom is -0.332 e. The zero-order valence-electron chi connectivity index (χ0n) is 7.46. The third kappa shape index (κ3) is 3.22. The molecule has 0 unspecified atom stereocenters. The Hall–Kier alpha value is -0.0600. The Morgan fingerprint density at radius 2 is 1.82 bits per heavy atom. The van der Waals surface area contributed by atoms with Gasteiger partial charge in [-0.05, 0) is 25.3 Å². The predicted octanol–water partition coefficient (Wildman–Crippen LogP) is 2.90. The first kappa shape index (κ1) is 10.9. The summed E-state index contributed by atoms with van der Waals surface area (Å²) in [5.41, 5.74) is 2.84. The van der Waals surface area contributed by atoms with Gasteiger partial charge in [-0.1, -0.05) is 13.8 Å². The second-order valence-electron chi connectivity index (χ2n) is 2.91. The average molecular weight is 266 g/mol. The Morgan fingerprint density at radius 1 is 1.36 bits per heavy atom. The van der Waals surface area contributed by atoms with Crippen molar-refractivity contribution in [2.75, 3.05) is 0 Å². The summed E-state index contributed by atoms with van der Waals surface area (Å²) in [5, 5.41) is 7.43. The van der Waals surface area contributed by atoms with Gasteiger partial charge < -0.3 is 8.94 Å². The van der Waals surface area contributed by atoms with E-state index in [2.05, 4.69) is 40.2 Å². The van der Waals surface area contributed by atoms with Crippen LogP contribution in [0.2, 0.25) is 0 Å². The summed E-state index contributed by atoms with van der Waals surface area (Å²) in [4.78, 5) is 0. The molecule has 0 aliphatic carbocycles. The number of halogens is 1. The molecule has 2 nitrogen and oxygen atoms in total. The summed E-state index contributed by atoms with van der Waals surface area (Å²) in [5.74, 6) is 0.465. The van der Waals surface area contributed by atoms with Crippen molar-refractivity contribution in [2.24, 2.45) is 5.92 Å². The van der Waals surface area contributed by atoms with Crippen molar-refractivity contribution in [2.45, 2.75) is 27.7 Å². The van der Waals surface area contributed by atoms with Crippen LogP contribution in [-0.2, 0) is 0 Å². The van der Waals surface area contributed by atoms with Gasteiger partial charge in [-0.2, -0.15) is 0 Å². The fraction of sp³-hybridized carbons (Fsp3) is 0.625. The first-order valence-corrected chi connectivity index (χ1v) is 4.71. The monoisotopic (exact) mass is 266 g/mol. The van der Waals surface area contributed by atoms with Crippen molar-refractivity contribution in [1.82, 2.24) is 3.53 Å². The summed E-state index contributed by atoms with van der Waals surface area (Å²) in [6.07, 6.45) is 0. The van der Waals surface area contributed by atoms with Gasteiger partial charge >= 0.3 is 0 Å². The lowest BCUT2D eigenvalue weighted by Crippen LogP contribution is -2.11. The van der Waals surface area contributed by atoms with Crippen LogP contribution in [0.4, 0.5) is 0 Å². The van der Waals surface area contributed by atoms with Gasteiger partial charge in [0, 0.05) is 11.4 Å². The van der Waals surface area contributed by atoms with E-state index in [1.807, 2.05) is 13.8 Å². The van der Waals surface area contributed by atoms with E-state index in [1.54, 1.807) is 0 Å². The predicted molar refractivity (Wildman–Crippen MR) is 58.1 cm³/mol. The van der Waals surface area contributed by atoms with Crippen molar-refractivity contribution in [3.05, 3.63) is 11.3 Å². The van der Waals surface area contributed by atoms with Crippen LogP contribution in [0.25, 0.3) is 0 Å². The van der Waals surface area contributed by atoms with Crippen LogP contribution < -0.4 is 3.53 Å². The fourth-order valence-electron chi connectivity index (χ4n) is 0.815. The van der Waals surface area contributed by atoms with E-state index in [0.717, 1.165) is 11.3 Å². The molecule has 3 heteroatoms. The highest BCUT2D eigenvalue weighted by Gasteiger charge is 2.06. The van der Waals surface area contributed by atoms with E-state index in [1.165, 1.54) is 0 Å². The molecule has 11 heavy (non-hydrogen) atoms. The lowest BCUT2D eigenvalue weighted by Gasteiger charge is -2.13. The van der Waals surface area contributed by atoms with Gasteiger partial charge in [0.25, 0.3) is 0 Å². The molecule has 0 amide bonds. The third-order valence-corrected chi connectivity index (χ3v) is 2.23. The summed E-state index contributed by atoms with van der Waals surface area (Å²) < 4.78 is 3.09. The van der Waals surface area contributed by atoms with E-state index >= 15 is 0 Å². The minimum atomic E-state index is 0.465. The van der Waals surface area contributed by atoms with Gasteiger partial charge in [-0.3, -0.25) is 0 Å². The smallest absolute Gasteiger partial charge is 0.0557 e. The molecular weight excluding hydrogens is 251 g/mol. The van der Waals surface area contributed by atoms with Crippen LogP contribution in [-0.4, -0.2) is 5.71 Å². The lowest BCUT2D eigenvalue weighted by molar-refractivity contribution is 0.738. The topological polar surface area (TPSA) is 35.9 Å². The van der Waals surface area contributed by atoms with Crippen LogP contribution >= 0.6 is 22.9 Å². The average Bonchev–Trinajstić information content (AvgIpc) is 1.88. The summed E-state index contributed by atoms with van der Waals surface area (Å²) >= 11 is 2.11. The minimum absolute atomic E-state index is 0.465. The van der Waals surface area contributed by atoms with Crippen molar-refractivity contribution in [3.8, 4) is 0 Å². The van der Waals surface area contributed by atoms with Crippen LogP contribution in [0.5, 0.6) is 0 Å². The second-order valence-corrected chi connectivity index (χ2v) is 3.45. The van der Waals surface area contributed by atoms with Crippen molar-refractivity contribution in [3.63, 3.8) is 0 Å². The summed E-state index contributed by atoms with van der Waals surface area (Å²) in [6, 6.07) is 0. The molecule has 0 rings (SSSR count). The number of hydrogen-bond acceptors (Lipinski definition) is 2. The molecule has 0 aliphatic rings. The zero-order valence-corrected chi connectivity index (χ0v) is 9.61. The first-order valence-electron chi connectivity index (χ1n) is 3.63. The molecule has 0 aliphatic heterocycles. The SMILES string of the molecule is CC(=N)/C(C)=C(\NI)C(C)C. The highest BCUT2D eigenvalue weighted by atomic mass is 127. The largest absolute Gasteiger partial charge is 0.332 e. The number of hydrogen-bond donors (Lipinski definition) is 2. The van der Waals surface area contributed by atoms with E-state index < -0.39 is 0 Å². The Labute approximate surface area is 82.5 Å². The van der Waals surface area contributed by atoms with Gasteiger partial charge in [0.15, 0.2) is 0 Å². The van der Waals surface area contributed by atoms with Crippen molar-refractivity contribution in [1.29, 1.82) is 5.41 Å². The molecule has 0 aromatic heterocycles. The second kappa shape index (κ2) is 4.74. The highest BCUT2D eigenvalue weighted by Crippen LogP contribution is 2.13. The molecule has 0 saturated heterocycles. The van der Waals surface area contributed by atoms with Crippen LogP contribution in [0, 0.1) is 11.3 Å². The Balaban J connectivity index is 4.68. The lowest BCUT2D eigenvalue weighted by atomic mass is 10.0. The van der Waals surface area contributed by atoms with E-state index in [9.17, 15) is 0 Å². The molecule has 64 valence electrons. The highest BCUT2D eigenvalue weighted by molar-refractivity contribution is 14.1. The Bertz CT molecular complexity index is 183. The van der Waals surface area contributed by atoms with E-state index in [0.29, 0.717) is 11.6 Å². The van der Waals surface area contributed by atoms with Gasteiger partial charge in [-0.15, -0.1) is 0 Å². The molecule has 0 atom stereocenters. The molecule has 2 N–H and O–H groups in total. The molecule has 0 heterocycles. The van der Waals surface area contributed by atoms with Gasteiger partial charge in [-0.25, -0.2) is 0 Å². The van der Waals surface area contributed by atoms with Crippen molar-refractivity contribution < 1.29 is 0 Å². The van der Waals surface area contributed by atoms with Crippen LogP contribution in [0.15, 0.2) is 11.3 Å². The van der Waals surface area contributed by atoms with E-state index in [-0.39, 0.29) is 0 Å². The fourth-order valence-corrected chi connectivity index (χ4v) is 1.84. The molecule has 0 spiro atoms. The molecule has 0 aromatic carbocycles. The molecular formula is C8H15IN2. The number of nitrogens with one attached hydrogen (secondary N) is 2. The maximum Gasteiger partial charge on any atom is 0.0557 e. The molecule has 0 radical (unpaired) electrons. The van der Waals surface area contributed by atoms with Gasteiger partial charge in [0.05, 0.1) is 22.9 Å². The number of allylic oxidation sites excluding steroid dienone is 2. The Morgan fingerprint density at radius 3 is 1.91 bits per heavy atom. The van der Waals surface area contributed by atoms with Gasteiger partial charge in [0.2, 0.25) is 0 Å². The summed E-state index contributed by atoms with van der Waals surface area (Å²) in [6.45, 7) is 8.02. The molecule has 0 bridgehead atoms. The maximum atomic E-state index is 7.43.